The van der Waals surface area contributed by atoms with Gasteiger partial charge in [-0.3, -0.25) is 0 Å². The molecule has 0 saturated carbocycles. The Balaban J connectivity index is 2.28. The van der Waals surface area contributed by atoms with Crippen molar-refractivity contribution in [2.75, 3.05) is 13.2 Å². The Bertz CT molecular complexity index is 682. The molecule has 0 aliphatic heterocycles. The Kier molecular flexibility index (Phi) is 16.4. The van der Waals surface area contributed by atoms with Crippen LogP contribution in [0.4, 0.5) is 0 Å². The minimum Gasteiger partial charge on any atom is -0.462 e. The van der Waals surface area contributed by atoms with Crippen LogP contribution in [0, 0.1) is 17.8 Å². The normalized spacial score (nSPS) is 13.0. The Morgan fingerprint density at radius 1 is 0.647 bits per heavy atom. The highest BCUT2D eigenvalue weighted by molar-refractivity contribution is 6.03. The van der Waals surface area contributed by atoms with E-state index < -0.39 is 11.9 Å². The van der Waals surface area contributed by atoms with Crippen molar-refractivity contribution in [3.63, 3.8) is 0 Å². The summed E-state index contributed by atoms with van der Waals surface area (Å²) in [4.78, 5) is 25.1. The molecule has 1 rings (SSSR count). The maximum atomic E-state index is 12.6. The highest BCUT2D eigenvalue weighted by Crippen LogP contribution is 2.21. The first kappa shape index (κ1) is 30.2. The average molecular weight is 475 g/mol. The van der Waals surface area contributed by atoms with Crippen molar-refractivity contribution in [1.82, 2.24) is 0 Å². The SMILES string of the molecule is CCC(C)C(C)CCCCCOC(=O)c1ccccc1C(=O)OCCCCCCCCC(C)C. The summed E-state index contributed by atoms with van der Waals surface area (Å²) in [6, 6.07) is 6.79. The summed E-state index contributed by atoms with van der Waals surface area (Å²) < 4.78 is 10.9. The van der Waals surface area contributed by atoms with E-state index in [1.165, 1.54) is 44.9 Å². The summed E-state index contributed by atoms with van der Waals surface area (Å²) in [5.41, 5.74) is 0.589. The molecule has 0 saturated heterocycles. The predicted octanol–water partition coefficient (Wildman–Crippen LogP) is 8.63. The first-order chi connectivity index (χ1) is 16.4. The van der Waals surface area contributed by atoms with Crippen LogP contribution in [0.5, 0.6) is 0 Å². The summed E-state index contributed by atoms with van der Waals surface area (Å²) in [6.45, 7) is 12.2. The van der Waals surface area contributed by atoms with E-state index in [0.29, 0.717) is 24.3 Å². The molecule has 194 valence electrons. The van der Waals surface area contributed by atoms with E-state index in [1.54, 1.807) is 24.3 Å². The molecule has 0 aliphatic rings. The molecule has 0 aliphatic carbocycles. The standard InChI is InChI=1S/C30H50O4/c1-6-25(4)26(5)19-13-11-17-23-34-30(32)28-21-15-14-20-27(28)29(31)33-22-16-10-8-7-9-12-18-24(2)3/h14-15,20-21,24-26H,6-13,16-19,22-23H2,1-5H3. The van der Waals surface area contributed by atoms with Crippen LogP contribution < -0.4 is 0 Å². The number of benzene rings is 1. The Morgan fingerprint density at radius 2 is 1.09 bits per heavy atom. The molecule has 4 heteroatoms. The lowest BCUT2D eigenvalue weighted by Gasteiger charge is -2.17. The van der Waals surface area contributed by atoms with Crippen molar-refractivity contribution in [2.24, 2.45) is 17.8 Å². The molecule has 2 unspecified atom stereocenters. The second-order valence-electron chi connectivity index (χ2n) is 10.3. The van der Waals surface area contributed by atoms with Gasteiger partial charge in [-0.2, -0.15) is 0 Å². The number of carbonyl (C=O) groups excluding carboxylic acids is 2. The van der Waals surface area contributed by atoms with E-state index in [2.05, 4.69) is 34.6 Å². The van der Waals surface area contributed by atoms with Gasteiger partial charge < -0.3 is 9.47 Å². The summed E-state index contributed by atoms with van der Waals surface area (Å²) >= 11 is 0. The smallest absolute Gasteiger partial charge is 0.339 e. The summed E-state index contributed by atoms with van der Waals surface area (Å²) in [5.74, 6) is 1.40. The Hall–Kier alpha value is -1.84. The second kappa shape index (κ2) is 18.5. The van der Waals surface area contributed by atoms with Crippen LogP contribution in [0.3, 0.4) is 0 Å². The van der Waals surface area contributed by atoms with Gasteiger partial charge in [-0.1, -0.05) is 111 Å². The van der Waals surface area contributed by atoms with Gasteiger partial charge in [0.2, 0.25) is 0 Å². The largest absolute Gasteiger partial charge is 0.462 e. The molecule has 0 N–H and O–H groups in total. The van der Waals surface area contributed by atoms with E-state index >= 15 is 0 Å². The van der Waals surface area contributed by atoms with Gasteiger partial charge in [-0.25, -0.2) is 9.59 Å². The minimum atomic E-state index is -0.443. The molecular formula is C30H50O4. The first-order valence-corrected chi connectivity index (χ1v) is 13.8. The van der Waals surface area contributed by atoms with Gasteiger partial charge in [0.1, 0.15) is 0 Å². The highest BCUT2D eigenvalue weighted by Gasteiger charge is 2.19. The van der Waals surface area contributed by atoms with Crippen LogP contribution in [-0.4, -0.2) is 25.2 Å². The monoisotopic (exact) mass is 474 g/mol. The molecule has 0 amide bonds. The number of rotatable bonds is 19. The molecule has 0 radical (unpaired) electrons. The second-order valence-corrected chi connectivity index (χ2v) is 10.3. The number of hydrogen-bond acceptors (Lipinski definition) is 4. The maximum Gasteiger partial charge on any atom is 0.339 e. The van der Waals surface area contributed by atoms with Crippen LogP contribution in [0.25, 0.3) is 0 Å². The van der Waals surface area contributed by atoms with Gasteiger partial charge in [0.05, 0.1) is 24.3 Å². The quantitative estimate of drug-likeness (QED) is 0.149. The van der Waals surface area contributed by atoms with Gasteiger partial charge in [0.15, 0.2) is 0 Å². The lowest BCUT2D eigenvalue weighted by molar-refractivity contribution is 0.0450. The fourth-order valence-electron chi connectivity index (χ4n) is 4.12. The molecule has 1 aromatic rings. The van der Waals surface area contributed by atoms with E-state index in [-0.39, 0.29) is 0 Å². The first-order valence-electron chi connectivity index (χ1n) is 13.8. The summed E-state index contributed by atoms with van der Waals surface area (Å²) in [7, 11) is 0. The van der Waals surface area contributed by atoms with Crippen LogP contribution >= 0.6 is 0 Å². The van der Waals surface area contributed by atoms with Gasteiger partial charge in [0.25, 0.3) is 0 Å². The van der Waals surface area contributed by atoms with E-state index in [0.717, 1.165) is 49.9 Å². The Labute approximate surface area is 209 Å². The molecular weight excluding hydrogens is 424 g/mol. The molecule has 0 bridgehead atoms. The lowest BCUT2D eigenvalue weighted by Crippen LogP contribution is -2.15. The number of esters is 2. The fourth-order valence-corrected chi connectivity index (χ4v) is 4.12. The van der Waals surface area contributed by atoms with Crippen molar-refractivity contribution < 1.29 is 19.1 Å². The molecule has 0 fully saturated rings. The van der Waals surface area contributed by atoms with Crippen LogP contribution in [0.1, 0.15) is 132 Å². The molecule has 1 aromatic carbocycles. The molecule has 0 heterocycles. The minimum absolute atomic E-state index is 0.294. The fraction of sp³-hybridized carbons (Fsp3) is 0.733. The van der Waals surface area contributed by atoms with Crippen molar-refractivity contribution in [2.45, 2.75) is 112 Å². The van der Waals surface area contributed by atoms with Gasteiger partial charge in [-0.15, -0.1) is 0 Å². The lowest BCUT2D eigenvalue weighted by atomic mass is 9.89. The van der Waals surface area contributed by atoms with Gasteiger partial charge in [-0.05, 0) is 42.7 Å². The third kappa shape index (κ3) is 13.2. The number of hydrogen-bond donors (Lipinski definition) is 0. The van der Waals surface area contributed by atoms with Crippen molar-refractivity contribution in [1.29, 1.82) is 0 Å². The third-order valence-electron chi connectivity index (χ3n) is 6.93. The predicted molar refractivity (Wildman–Crippen MR) is 141 cm³/mol. The maximum absolute atomic E-state index is 12.6. The molecule has 34 heavy (non-hydrogen) atoms. The molecule has 2 atom stereocenters. The van der Waals surface area contributed by atoms with Crippen molar-refractivity contribution >= 4 is 11.9 Å². The van der Waals surface area contributed by atoms with E-state index in [4.69, 9.17) is 9.47 Å². The van der Waals surface area contributed by atoms with Gasteiger partial charge in [0, 0.05) is 0 Å². The topological polar surface area (TPSA) is 52.6 Å². The van der Waals surface area contributed by atoms with Gasteiger partial charge >= 0.3 is 11.9 Å². The zero-order valence-corrected chi connectivity index (χ0v) is 22.6. The zero-order chi connectivity index (χ0) is 25.2. The van der Waals surface area contributed by atoms with Crippen LogP contribution in [-0.2, 0) is 9.47 Å². The van der Waals surface area contributed by atoms with E-state index in [9.17, 15) is 9.59 Å². The van der Waals surface area contributed by atoms with Crippen molar-refractivity contribution in [3.05, 3.63) is 35.4 Å². The number of unbranched alkanes of at least 4 members (excludes halogenated alkanes) is 7. The summed E-state index contributed by atoms with van der Waals surface area (Å²) in [6.07, 6.45) is 13.7. The van der Waals surface area contributed by atoms with Crippen LogP contribution in [0.15, 0.2) is 24.3 Å². The van der Waals surface area contributed by atoms with Crippen LogP contribution in [0.2, 0.25) is 0 Å². The number of ether oxygens (including phenoxy) is 2. The zero-order valence-electron chi connectivity index (χ0n) is 22.6. The summed E-state index contributed by atoms with van der Waals surface area (Å²) in [5, 5.41) is 0. The highest BCUT2D eigenvalue weighted by atomic mass is 16.5. The van der Waals surface area contributed by atoms with E-state index in [1.807, 2.05) is 0 Å². The average Bonchev–Trinajstić information content (AvgIpc) is 2.83. The molecule has 0 aromatic heterocycles. The Morgan fingerprint density at radius 3 is 1.59 bits per heavy atom. The molecule has 4 nitrogen and oxygen atoms in total. The third-order valence-corrected chi connectivity index (χ3v) is 6.93. The van der Waals surface area contributed by atoms with Crippen molar-refractivity contribution in [3.8, 4) is 0 Å². The number of carbonyl (C=O) groups is 2. The molecule has 0 spiro atoms.